The van der Waals surface area contributed by atoms with Crippen LogP contribution in [0.15, 0.2) is 29.0 Å². The fourth-order valence-corrected chi connectivity index (χ4v) is 1.69. The number of anilines is 1. The van der Waals surface area contributed by atoms with Gasteiger partial charge in [-0.3, -0.25) is 9.78 Å². The van der Waals surface area contributed by atoms with Gasteiger partial charge in [0.15, 0.2) is 0 Å². The van der Waals surface area contributed by atoms with Gasteiger partial charge in [0.05, 0.1) is 0 Å². The molecule has 0 spiro atoms. The minimum absolute atomic E-state index is 0.0212. The zero-order chi connectivity index (χ0) is 13.7. The number of nitrogens with two attached hydrogens (primary N) is 1. The van der Waals surface area contributed by atoms with Crippen LogP contribution in [0.25, 0.3) is 11.3 Å². The Bertz CT molecular complexity index is 551. The summed E-state index contributed by atoms with van der Waals surface area (Å²) in [5, 5.41) is 6.63. The Hall–Kier alpha value is -2.37. The van der Waals surface area contributed by atoms with Gasteiger partial charge in [-0.1, -0.05) is 18.5 Å². The van der Waals surface area contributed by atoms with E-state index >= 15 is 0 Å². The lowest BCUT2D eigenvalue weighted by atomic mass is 10.1. The fraction of sp³-hybridized carbons (Fsp3) is 0.308. The largest absolute Gasteiger partial charge is 0.367 e. The van der Waals surface area contributed by atoms with E-state index in [1.165, 1.54) is 0 Å². The van der Waals surface area contributed by atoms with E-state index in [4.69, 9.17) is 10.3 Å². The molecular weight excluding hydrogens is 244 g/mol. The van der Waals surface area contributed by atoms with Crippen LogP contribution in [0, 0.1) is 0 Å². The first kappa shape index (κ1) is 13.1. The molecule has 0 radical (unpaired) electrons. The van der Waals surface area contributed by atoms with E-state index in [1.54, 1.807) is 24.5 Å². The fourth-order valence-electron chi connectivity index (χ4n) is 1.69. The molecule has 0 fully saturated rings. The lowest BCUT2D eigenvalue weighted by Crippen LogP contribution is -2.25. The molecule has 0 aromatic carbocycles. The highest BCUT2D eigenvalue weighted by molar-refractivity contribution is 6.03. The molecule has 6 heteroatoms. The Balaban J connectivity index is 2.25. The second-order valence-corrected chi connectivity index (χ2v) is 4.12. The van der Waals surface area contributed by atoms with Crippen molar-refractivity contribution in [1.82, 2.24) is 15.5 Å². The number of nitrogen functional groups attached to an aromatic ring is 1. The summed E-state index contributed by atoms with van der Waals surface area (Å²) >= 11 is 0. The van der Waals surface area contributed by atoms with Gasteiger partial charge in [-0.05, 0) is 18.6 Å². The van der Waals surface area contributed by atoms with E-state index < -0.39 is 0 Å². The van der Waals surface area contributed by atoms with Crippen molar-refractivity contribution in [3.05, 3.63) is 30.1 Å². The van der Waals surface area contributed by atoms with E-state index in [-0.39, 0.29) is 17.4 Å². The van der Waals surface area contributed by atoms with E-state index in [9.17, 15) is 4.79 Å². The van der Waals surface area contributed by atoms with E-state index in [0.29, 0.717) is 17.8 Å². The molecule has 0 saturated heterocycles. The number of rotatable bonds is 5. The molecule has 0 aliphatic rings. The molecule has 2 rings (SSSR count). The molecule has 0 aliphatic carbocycles. The maximum Gasteiger partial charge on any atom is 0.259 e. The second kappa shape index (κ2) is 5.99. The Morgan fingerprint density at radius 1 is 1.53 bits per heavy atom. The number of carbonyl (C=O) groups is 1. The molecule has 2 aromatic heterocycles. The molecule has 0 atom stereocenters. The first-order chi connectivity index (χ1) is 9.24. The summed E-state index contributed by atoms with van der Waals surface area (Å²) < 4.78 is 4.92. The van der Waals surface area contributed by atoms with Gasteiger partial charge in [0, 0.05) is 24.5 Å². The second-order valence-electron chi connectivity index (χ2n) is 4.12. The Morgan fingerprint density at radius 2 is 2.37 bits per heavy atom. The molecule has 0 bridgehead atoms. The first-order valence-electron chi connectivity index (χ1n) is 6.17. The van der Waals surface area contributed by atoms with Crippen LogP contribution >= 0.6 is 0 Å². The van der Waals surface area contributed by atoms with Gasteiger partial charge in [0.25, 0.3) is 5.91 Å². The molecule has 3 N–H and O–H groups in total. The van der Waals surface area contributed by atoms with Crippen LogP contribution in [0.2, 0.25) is 0 Å². The van der Waals surface area contributed by atoms with E-state index in [2.05, 4.69) is 22.4 Å². The van der Waals surface area contributed by atoms with Crippen molar-refractivity contribution in [3.63, 3.8) is 0 Å². The topological polar surface area (TPSA) is 94.0 Å². The zero-order valence-electron chi connectivity index (χ0n) is 10.7. The summed E-state index contributed by atoms with van der Waals surface area (Å²) in [6.45, 7) is 2.66. The third kappa shape index (κ3) is 2.90. The van der Waals surface area contributed by atoms with E-state index in [1.807, 2.05) is 0 Å². The van der Waals surface area contributed by atoms with Crippen LogP contribution in [0.4, 0.5) is 5.88 Å². The van der Waals surface area contributed by atoms with Crippen LogP contribution in [0.1, 0.15) is 30.1 Å². The predicted octanol–water partition coefficient (Wildman–Crippen LogP) is 1.85. The van der Waals surface area contributed by atoms with Crippen molar-refractivity contribution in [2.45, 2.75) is 19.8 Å². The lowest BCUT2D eigenvalue weighted by Gasteiger charge is -2.04. The molecule has 1 amide bonds. The van der Waals surface area contributed by atoms with Crippen molar-refractivity contribution in [3.8, 4) is 11.3 Å². The molecule has 2 aromatic rings. The number of hydrogen-bond acceptors (Lipinski definition) is 5. The Labute approximate surface area is 111 Å². The SMILES string of the molecule is CCCCNC(=O)c1c(-c2cccnc2)noc1N. The lowest BCUT2D eigenvalue weighted by molar-refractivity contribution is 0.0954. The third-order valence-corrected chi connectivity index (χ3v) is 2.70. The minimum atomic E-state index is -0.272. The van der Waals surface area contributed by atoms with Gasteiger partial charge >= 0.3 is 0 Å². The van der Waals surface area contributed by atoms with Gasteiger partial charge < -0.3 is 15.6 Å². The summed E-state index contributed by atoms with van der Waals surface area (Å²) in [5.41, 5.74) is 7.06. The monoisotopic (exact) mass is 260 g/mol. The van der Waals surface area contributed by atoms with Gasteiger partial charge in [0.1, 0.15) is 11.3 Å². The average Bonchev–Trinajstić information content (AvgIpc) is 2.82. The van der Waals surface area contributed by atoms with Gasteiger partial charge in [-0.25, -0.2) is 0 Å². The minimum Gasteiger partial charge on any atom is -0.367 e. The van der Waals surface area contributed by atoms with Gasteiger partial charge in [0.2, 0.25) is 5.88 Å². The van der Waals surface area contributed by atoms with Crippen molar-refractivity contribution in [2.24, 2.45) is 0 Å². The zero-order valence-corrected chi connectivity index (χ0v) is 10.7. The smallest absolute Gasteiger partial charge is 0.259 e. The summed E-state index contributed by atoms with van der Waals surface area (Å²) in [7, 11) is 0. The highest BCUT2D eigenvalue weighted by Crippen LogP contribution is 2.26. The number of carbonyl (C=O) groups excluding carboxylic acids is 1. The van der Waals surface area contributed by atoms with Crippen LogP contribution in [0.3, 0.4) is 0 Å². The summed E-state index contributed by atoms with van der Waals surface area (Å²) in [6.07, 6.45) is 5.18. The number of aromatic nitrogens is 2. The number of amides is 1. The molecule has 0 unspecified atom stereocenters. The number of pyridine rings is 1. The molecule has 2 heterocycles. The van der Waals surface area contributed by atoms with Crippen LogP contribution in [0.5, 0.6) is 0 Å². The van der Waals surface area contributed by atoms with Crippen molar-refractivity contribution < 1.29 is 9.32 Å². The Kier molecular flexibility index (Phi) is 4.12. The van der Waals surface area contributed by atoms with Crippen LogP contribution in [-0.4, -0.2) is 22.6 Å². The standard InChI is InChI=1S/C13H16N4O2/c1-2-3-7-16-13(18)10-11(17-19-12(10)14)9-5-4-6-15-8-9/h4-6,8H,2-3,7,14H2,1H3,(H,16,18). The highest BCUT2D eigenvalue weighted by atomic mass is 16.5. The molecule has 0 saturated carbocycles. The first-order valence-corrected chi connectivity index (χ1v) is 6.17. The third-order valence-electron chi connectivity index (χ3n) is 2.70. The highest BCUT2D eigenvalue weighted by Gasteiger charge is 2.22. The molecular formula is C13H16N4O2. The molecule has 6 nitrogen and oxygen atoms in total. The number of hydrogen-bond donors (Lipinski definition) is 2. The van der Waals surface area contributed by atoms with Gasteiger partial charge in [-0.2, -0.15) is 0 Å². The van der Waals surface area contributed by atoms with Crippen LogP contribution in [-0.2, 0) is 0 Å². The maximum atomic E-state index is 12.1. The predicted molar refractivity (Wildman–Crippen MR) is 71.4 cm³/mol. The molecule has 0 aliphatic heterocycles. The Morgan fingerprint density at radius 3 is 3.05 bits per heavy atom. The van der Waals surface area contributed by atoms with Gasteiger partial charge in [-0.15, -0.1) is 0 Å². The maximum absolute atomic E-state index is 12.1. The summed E-state index contributed by atoms with van der Waals surface area (Å²) in [5.74, 6) is -0.251. The summed E-state index contributed by atoms with van der Waals surface area (Å²) in [6, 6.07) is 3.56. The number of nitrogens with one attached hydrogen (secondary N) is 1. The van der Waals surface area contributed by atoms with Crippen molar-refractivity contribution in [1.29, 1.82) is 0 Å². The number of unbranched alkanes of at least 4 members (excludes halogenated alkanes) is 1. The number of nitrogens with zero attached hydrogens (tertiary/aromatic N) is 2. The average molecular weight is 260 g/mol. The molecule has 19 heavy (non-hydrogen) atoms. The van der Waals surface area contributed by atoms with E-state index in [0.717, 1.165) is 12.8 Å². The normalized spacial score (nSPS) is 10.4. The van der Waals surface area contributed by atoms with Crippen molar-refractivity contribution in [2.75, 3.05) is 12.3 Å². The van der Waals surface area contributed by atoms with Crippen molar-refractivity contribution >= 4 is 11.8 Å². The summed E-state index contributed by atoms with van der Waals surface area (Å²) in [4.78, 5) is 16.1. The quantitative estimate of drug-likeness (QED) is 0.800. The van der Waals surface area contributed by atoms with Crippen LogP contribution < -0.4 is 11.1 Å². The molecule has 100 valence electrons.